The van der Waals surface area contributed by atoms with Crippen LogP contribution in [-0.2, 0) is 29.4 Å². The van der Waals surface area contributed by atoms with Crippen LogP contribution < -0.4 is 10.1 Å². The van der Waals surface area contributed by atoms with Gasteiger partial charge in [-0.3, -0.25) is 4.79 Å². The number of ether oxygens (including phenoxy) is 2. The van der Waals surface area contributed by atoms with Gasteiger partial charge in [0.05, 0.1) is 18.4 Å². The third kappa shape index (κ3) is 6.07. The molecule has 1 aromatic carbocycles. The second-order valence-corrected chi connectivity index (χ2v) is 10.6. The summed E-state index contributed by atoms with van der Waals surface area (Å²) in [5.41, 5.74) is 1.51. The van der Waals surface area contributed by atoms with Crippen LogP contribution in [0.15, 0.2) is 29.4 Å². The smallest absolute Gasteiger partial charge is 0.341 e. The van der Waals surface area contributed by atoms with E-state index < -0.39 is 12.1 Å². The summed E-state index contributed by atoms with van der Waals surface area (Å²) in [5.74, 6) is 0.212. The maximum absolute atomic E-state index is 13.1. The first-order valence-electron chi connectivity index (χ1n) is 11.8. The van der Waals surface area contributed by atoms with Gasteiger partial charge in [-0.1, -0.05) is 24.6 Å². The molecular formula is C25H29FN4O4S2. The Labute approximate surface area is 217 Å². The van der Waals surface area contributed by atoms with Gasteiger partial charge in [-0.15, -0.1) is 21.5 Å². The molecule has 11 heteroatoms. The molecule has 192 valence electrons. The quantitative estimate of drug-likeness (QED) is 0.309. The van der Waals surface area contributed by atoms with Crippen molar-refractivity contribution in [3.63, 3.8) is 0 Å². The van der Waals surface area contributed by atoms with Gasteiger partial charge in [0.1, 0.15) is 16.6 Å². The predicted molar refractivity (Wildman–Crippen MR) is 137 cm³/mol. The Hall–Kier alpha value is -2.92. The number of halogens is 1. The van der Waals surface area contributed by atoms with Gasteiger partial charge in [0.25, 0.3) is 0 Å². The second-order valence-electron chi connectivity index (χ2n) is 8.56. The van der Waals surface area contributed by atoms with Crippen LogP contribution >= 0.6 is 23.1 Å². The minimum absolute atomic E-state index is 0.0996. The zero-order valence-electron chi connectivity index (χ0n) is 20.5. The Balaban J connectivity index is 1.41. The summed E-state index contributed by atoms with van der Waals surface area (Å²) in [5, 5.41) is 12.4. The third-order valence-electron chi connectivity index (χ3n) is 6.00. The molecule has 1 unspecified atom stereocenters. The summed E-state index contributed by atoms with van der Waals surface area (Å²) in [6.45, 7) is 1.83. The molecule has 0 saturated heterocycles. The molecule has 1 amide bonds. The third-order valence-corrected chi connectivity index (χ3v) is 8.23. The number of methoxy groups -OCH3 is 1. The molecule has 2 aromatic heterocycles. The van der Waals surface area contributed by atoms with Gasteiger partial charge in [0.15, 0.2) is 17.1 Å². The zero-order chi connectivity index (χ0) is 25.7. The summed E-state index contributed by atoms with van der Waals surface area (Å²) in [4.78, 5) is 26.5. The lowest BCUT2D eigenvalue weighted by Gasteiger charge is -2.14. The molecule has 0 spiro atoms. The summed E-state index contributed by atoms with van der Waals surface area (Å²) in [7, 11) is 3.16. The number of nitrogens with one attached hydrogen (secondary N) is 1. The van der Waals surface area contributed by atoms with Crippen molar-refractivity contribution in [3.8, 4) is 5.75 Å². The number of carbonyl (C=O) groups excluding carboxylic acids is 2. The fourth-order valence-corrected chi connectivity index (χ4v) is 6.21. The van der Waals surface area contributed by atoms with E-state index in [-0.39, 0.29) is 17.5 Å². The molecule has 4 rings (SSSR count). The number of carbonyl (C=O) groups is 2. The Morgan fingerprint density at radius 3 is 2.61 bits per heavy atom. The van der Waals surface area contributed by atoms with Crippen LogP contribution in [0.25, 0.3) is 0 Å². The van der Waals surface area contributed by atoms with E-state index in [1.165, 1.54) is 48.8 Å². The number of thiophene rings is 1. The number of benzene rings is 1. The fraction of sp³-hybridized carbons (Fsp3) is 0.440. The van der Waals surface area contributed by atoms with Crippen molar-refractivity contribution < 1.29 is 23.5 Å². The number of anilines is 1. The van der Waals surface area contributed by atoms with E-state index in [0.717, 1.165) is 42.5 Å². The Kier molecular flexibility index (Phi) is 8.63. The minimum atomic E-state index is -0.427. The van der Waals surface area contributed by atoms with Gasteiger partial charge < -0.3 is 19.4 Å². The van der Waals surface area contributed by atoms with Crippen molar-refractivity contribution in [1.82, 2.24) is 14.8 Å². The number of aromatic nitrogens is 3. The van der Waals surface area contributed by atoms with Crippen LogP contribution in [0.3, 0.4) is 0 Å². The van der Waals surface area contributed by atoms with E-state index >= 15 is 0 Å². The largest absolute Gasteiger partial charge is 0.483 e. The number of thioether (sulfide) groups is 1. The first-order valence-corrected chi connectivity index (χ1v) is 13.6. The Morgan fingerprint density at radius 2 is 1.89 bits per heavy atom. The van der Waals surface area contributed by atoms with Crippen LogP contribution in [-0.4, -0.2) is 39.5 Å². The number of esters is 1. The SMILES string of the molecule is COC(=O)c1c(NC(=O)CSc2nnc(C(C)Oc3ccc(F)cc3)n2C)sc2c1CCCCCC2. The molecule has 1 aliphatic carbocycles. The predicted octanol–water partition coefficient (Wildman–Crippen LogP) is 5.33. The Bertz CT molecular complexity index is 1230. The van der Waals surface area contributed by atoms with E-state index in [1.807, 2.05) is 6.92 Å². The van der Waals surface area contributed by atoms with Crippen LogP contribution in [0, 0.1) is 5.82 Å². The molecule has 36 heavy (non-hydrogen) atoms. The second kappa shape index (κ2) is 11.9. The van der Waals surface area contributed by atoms with Crippen molar-refractivity contribution in [3.05, 3.63) is 51.9 Å². The van der Waals surface area contributed by atoms with E-state index in [4.69, 9.17) is 9.47 Å². The van der Waals surface area contributed by atoms with Gasteiger partial charge in [-0.2, -0.15) is 0 Å². The van der Waals surface area contributed by atoms with Crippen LogP contribution in [0.4, 0.5) is 9.39 Å². The van der Waals surface area contributed by atoms with E-state index in [0.29, 0.717) is 27.3 Å². The van der Waals surface area contributed by atoms with Gasteiger partial charge in [-0.05, 0) is 62.4 Å². The molecule has 0 aliphatic heterocycles. The first kappa shape index (κ1) is 26.2. The zero-order valence-corrected chi connectivity index (χ0v) is 22.1. The van der Waals surface area contributed by atoms with E-state index in [1.54, 1.807) is 23.7 Å². The molecule has 0 fully saturated rings. The van der Waals surface area contributed by atoms with E-state index in [2.05, 4.69) is 15.5 Å². The molecule has 0 bridgehead atoms. The standard InChI is InChI=1S/C25H29FN4O4S2/c1-15(34-17-12-10-16(26)11-13-17)22-28-29-25(30(22)2)35-14-20(31)27-23-21(24(32)33-3)18-8-6-4-5-7-9-19(18)36-23/h10-13,15H,4-9,14H2,1-3H3,(H,27,31). The number of aryl methyl sites for hydroxylation is 1. The van der Waals surface area contributed by atoms with Gasteiger partial charge >= 0.3 is 5.97 Å². The molecule has 0 radical (unpaired) electrons. The molecule has 1 aliphatic rings. The lowest BCUT2D eigenvalue weighted by atomic mass is 9.96. The average Bonchev–Trinajstić information content (AvgIpc) is 3.38. The summed E-state index contributed by atoms with van der Waals surface area (Å²) < 4.78 is 25.8. The lowest BCUT2D eigenvalue weighted by Crippen LogP contribution is -2.17. The molecule has 2 heterocycles. The summed E-state index contributed by atoms with van der Waals surface area (Å²) >= 11 is 2.72. The molecule has 1 atom stereocenters. The van der Waals surface area contributed by atoms with Crippen molar-refractivity contribution in [2.45, 2.75) is 56.7 Å². The van der Waals surface area contributed by atoms with Crippen molar-refractivity contribution in [2.24, 2.45) is 7.05 Å². The maximum Gasteiger partial charge on any atom is 0.341 e. The number of nitrogens with zero attached hydrogens (tertiary/aromatic N) is 3. The van der Waals surface area contributed by atoms with Gasteiger partial charge in [-0.25, -0.2) is 9.18 Å². The maximum atomic E-state index is 13.1. The molecule has 1 N–H and O–H groups in total. The van der Waals surface area contributed by atoms with Crippen LogP contribution in [0.5, 0.6) is 5.75 Å². The van der Waals surface area contributed by atoms with Crippen molar-refractivity contribution in [2.75, 3.05) is 18.2 Å². The van der Waals surface area contributed by atoms with Gasteiger partial charge in [0.2, 0.25) is 5.91 Å². The van der Waals surface area contributed by atoms with Gasteiger partial charge in [0, 0.05) is 11.9 Å². The number of fused-ring (bicyclic) bond motifs is 1. The number of rotatable bonds is 8. The highest BCUT2D eigenvalue weighted by Crippen LogP contribution is 2.37. The fourth-order valence-electron chi connectivity index (χ4n) is 4.19. The topological polar surface area (TPSA) is 95.3 Å². The number of hydrogen-bond donors (Lipinski definition) is 1. The van der Waals surface area contributed by atoms with E-state index in [9.17, 15) is 14.0 Å². The highest BCUT2D eigenvalue weighted by molar-refractivity contribution is 7.99. The number of amides is 1. The number of hydrogen-bond acceptors (Lipinski definition) is 8. The molecule has 8 nitrogen and oxygen atoms in total. The van der Waals surface area contributed by atoms with Crippen molar-refractivity contribution in [1.29, 1.82) is 0 Å². The van der Waals surface area contributed by atoms with Crippen molar-refractivity contribution >= 4 is 40.0 Å². The average molecular weight is 533 g/mol. The molecule has 0 saturated carbocycles. The Morgan fingerprint density at radius 1 is 1.17 bits per heavy atom. The first-order chi connectivity index (χ1) is 17.4. The highest BCUT2D eigenvalue weighted by atomic mass is 32.2. The molecule has 3 aromatic rings. The summed E-state index contributed by atoms with van der Waals surface area (Å²) in [6, 6.07) is 5.77. The highest BCUT2D eigenvalue weighted by Gasteiger charge is 2.26. The summed E-state index contributed by atoms with van der Waals surface area (Å²) in [6.07, 6.45) is 5.72. The molecular weight excluding hydrogens is 503 g/mol. The van der Waals surface area contributed by atoms with Crippen LogP contribution in [0.2, 0.25) is 0 Å². The normalized spacial score (nSPS) is 14.3. The minimum Gasteiger partial charge on any atom is -0.483 e. The monoisotopic (exact) mass is 532 g/mol. The lowest BCUT2D eigenvalue weighted by molar-refractivity contribution is -0.113. The van der Waals surface area contributed by atoms with Crippen LogP contribution in [0.1, 0.15) is 65.3 Å².